The molecule has 0 saturated heterocycles. The van der Waals surface area contributed by atoms with E-state index in [1.165, 1.54) is 12.3 Å². The molecule has 2 heteroatoms. The van der Waals surface area contributed by atoms with Crippen LogP contribution in [0.4, 0.5) is 4.39 Å². The summed E-state index contributed by atoms with van der Waals surface area (Å²) in [6, 6.07) is 0. The number of hydrogen-bond donors (Lipinski definition) is 1. The highest BCUT2D eigenvalue weighted by molar-refractivity contribution is 5.20. The SMILES string of the molecule is C=C(F)/C=C\C(C)=C/N. The van der Waals surface area contributed by atoms with Gasteiger partial charge < -0.3 is 5.73 Å². The molecule has 0 aliphatic rings. The summed E-state index contributed by atoms with van der Waals surface area (Å²) in [5.41, 5.74) is 5.91. The third-order valence-corrected chi connectivity index (χ3v) is 0.790. The maximum atomic E-state index is 11.8. The van der Waals surface area contributed by atoms with Gasteiger partial charge in [0, 0.05) is 0 Å². The normalized spacial score (nSPS) is 12.4. The molecule has 0 spiro atoms. The predicted molar refractivity (Wildman–Crippen MR) is 37.3 cm³/mol. The summed E-state index contributed by atoms with van der Waals surface area (Å²) in [7, 11) is 0. The first-order valence-electron chi connectivity index (χ1n) is 2.58. The Morgan fingerprint density at radius 2 is 2.11 bits per heavy atom. The number of hydrogen-bond acceptors (Lipinski definition) is 1. The van der Waals surface area contributed by atoms with Crippen LogP contribution in [-0.2, 0) is 0 Å². The van der Waals surface area contributed by atoms with Crippen LogP contribution in [-0.4, -0.2) is 0 Å². The molecule has 2 N–H and O–H groups in total. The zero-order valence-electron chi connectivity index (χ0n) is 5.39. The Morgan fingerprint density at radius 3 is 2.44 bits per heavy atom. The molecule has 0 saturated carbocycles. The van der Waals surface area contributed by atoms with Gasteiger partial charge in [-0.15, -0.1) is 0 Å². The predicted octanol–water partition coefficient (Wildman–Crippen LogP) is 1.89. The molecule has 0 fully saturated rings. The van der Waals surface area contributed by atoms with Crippen LogP contribution < -0.4 is 5.73 Å². The van der Waals surface area contributed by atoms with E-state index in [-0.39, 0.29) is 0 Å². The van der Waals surface area contributed by atoms with Crippen LogP contribution in [0.15, 0.2) is 36.3 Å². The van der Waals surface area contributed by atoms with Gasteiger partial charge in [0.05, 0.1) is 0 Å². The molecule has 0 aromatic carbocycles. The lowest BCUT2D eigenvalue weighted by Gasteiger charge is -1.84. The van der Waals surface area contributed by atoms with Crippen molar-refractivity contribution in [2.24, 2.45) is 5.73 Å². The van der Waals surface area contributed by atoms with E-state index >= 15 is 0 Å². The van der Waals surface area contributed by atoms with Crippen LogP contribution >= 0.6 is 0 Å². The van der Waals surface area contributed by atoms with Crippen LogP contribution in [0.2, 0.25) is 0 Å². The molecule has 1 nitrogen and oxygen atoms in total. The Balaban J connectivity index is 3.86. The van der Waals surface area contributed by atoms with Crippen molar-refractivity contribution in [3.63, 3.8) is 0 Å². The first-order chi connectivity index (χ1) is 4.16. The Hall–Kier alpha value is -1.05. The second-order valence-corrected chi connectivity index (χ2v) is 1.69. The van der Waals surface area contributed by atoms with Crippen molar-refractivity contribution in [2.45, 2.75) is 6.92 Å². The largest absolute Gasteiger partial charge is 0.404 e. The first kappa shape index (κ1) is 7.95. The minimum atomic E-state index is -0.462. The monoisotopic (exact) mass is 127 g/mol. The molecule has 0 aliphatic heterocycles. The highest BCUT2D eigenvalue weighted by atomic mass is 19.1. The highest BCUT2D eigenvalue weighted by Gasteiger charge is 1.79. The van der Waals surface area contributed by atoms with E-state index in [2.05, 4.69) is 6.58 Å². The summed E-state index contributed by atoms with van der Waals surface area (Å²) in [5.74, 6) is -0.462. The van der Waals surface area contributed by atoms with Crippen LogP contribution in [0.3, 0.4) is 0 Å². The van der Waals surface area contributed by atoms with E-state index < -0.39 is 5.83 Å². The zero-order valence-corrected chi connectivity index (χ0v) is 5.39. The Kier molecular flexibility index (Phi) is 3.44. The van der Waals surface area contributed by atoms with Crippen molar-refractivity contribution in [2.75, 3.05) is 0 Å². The summed E-state index contributed by atoms with van der Waals surface area (Å²) in [6.45, 7) is 4.82. The van der Waals surface area contributed by atoms with Crippen LogP contribution in [0.25, 0.3) is 0 Å². The van der Waals surface area contributed by atoms with Gasteiger partial charge in [-0.25, -0.2) is 4.39 Å². The van der Waals surface area contributed by atoms with Gasteiger partial charge in [0.1, 0.15) is 5.83 Å². The van der Waals surface area contributed by atoms with E-state index in [9.17, 15) is 4.39 Å². The van der Waals surface area contributed by atoms with Gasteiger partial charge in [0.2, 0.25) is 0 Å². The lowest BCUT2D eigenvalue weighted by atomic mass is 10.3. The Morgan fingerprint density at radius 1 is 1.56 bits per heavy atom. The molecule has 0 unspecified atom stereocenters. The summed E-state index contributed by atoms with van der Waals surface area (Å²) in [6.07, 6.45) is 4.22. The highest BCUT2D eigenvalue weighted by Crippen LogP contribution is 1.97. The fourth-order valence-electron chi connectivity index (χ4n) is 0.277. The number of halogens is 1. The average molecular weight is 127 g/mol. The second kappa shape index (κ2) is 3.89. The molecule has 0 atom stereocenters. The van der Waals surface area contributed by atoms with Gasteiger partial charge in [-0.2, -0.15) is 0 Å². The third-order valence-electron chi connectivity index (χ3n) is 0.790. The smallest absolute Gasteiger partial charge is 0.116 e. The van der Waals surface area contributed by atoms with E-state index in [1.54, 1.807) is 13.0 Å². The summed E-state index contributed by atoms with van der Waals surface area (Å²) >= 11 is 0. The van der Waals surface area contributed by atoms with Gasteiger partial charge >= 0.3 is 0 Å². The molecule has 0 aromatic heterocycles. The summed E-state index contributed by atoms with van der Waals surface area (Å²) < 4.78 is 11.8. The maximum absolute atomic E-state index is 11.8. The number of rotatable bonds is 2. The van der Waals surface area contributed by atoms with Gasteiger partial charge in [0.15, 0.2) is 0 Å². The molecule has 50 valence electrons. The van der Waals surface area contributed by atoms with Gasteiger partial charge in [0.25, 0.3) is 0 Å². The Labute approximate surface area is 54.4 Å². The van der Waals surface area contributed by atoms with E-state index in [0.717, 1.165) is 5.57 Å². The lowest BCUT2D eigenvalue weighted by Crippen LogP contribution is -1.79. The minimum Gasteiger partial charge on any atom is -0.404 e. The molecule has 9 heavy (non-hydrogen) atoms. The molecule has 0 aromatic rings. The molecule has 0 heterocycles. The fraction of sp³-hybridized carbons (Fsp3) is 0.143. The van der Waals surface area contributed by atoms with E-state index in [0.29, 0.717) is 0 Å². The van der Waals surface area contributed by atoms with Crippen LogP contribution in [0, 0.1) is 0 Å². The lowest BCUT2D eigenvalue weighted by molar-refractivity contribution is 0.671. The fourth-order valence-corrected chi connectivity index (χ4v) is 0.277. The van der Waals surface area contributed by atoms with Crippen molar-refractivity contribution >= 4 is 0 Å². The van der Waals surface area contributed by atoms with Gasteiger partial charge in [-0.05, 0) is 24.8 Å². The van der Waals surface area contributed by atoms with Crippen LogP contribution in [0.1, 0.15) is 6.92 Å². The van der Waals surface area contributed by atoms with Crippen molar-refractivity contribution in [1.82, 2.24) is 0 Å². The molecule has 0 rings (SSSR count). The van der Waals surface area contributed by atoms with Crippen molar-refractivity contribution in [1.29, 1.82) is 0 Å². The molecule has 0 bridgehead atoms. The standard InChI is InChI=1S/C7H10FN/c1-6(5-9)3-4-7(2)8/h3-5H,2,9H2,1H3/b4-3-,6-5-. The van der Waals surface area contributed by atoms with Crippen LogP contribution in [0.5, 0.6) is 0 Å². The third kappa shape index (κ3) is 4.81. The second-order valence-electron chi connectivity index (χ2n) is 1.69. The number of nitrogens with two attached hydrogens (primary N) is 1. The van der Waals surface area contributed by atoms with Crippen molar-refractivity contribution < 1.29 is 4.39 Å². The molecule has 0 radical (unpaired) electrons. The topological polar surface area (TPSA) is 26.0 Å². The summed E-state index contributed by atoms with van der Waals surface area (Å²) in [4.78, 5) is 0. The molecule has 0 amide bonds. The van der Waals surface area contributed by atoms with E-state index in [4.69, 9.17) is 5.73 Å². The zero-order chi connectivity index (χ0) is 7.28. The van der Waals surface area contributed by atoms with Crippen molar-refractivity contribution in [3.05, 3.63) is 36.3 Å². The minimum absolute atomic E-state index is 0.462. The molecular weight excluding hydrogens is 117 g/mol. The number of allylic oxidation sites excluding steroid dienone is 4. The quantitative estimate of drug-likeness (QED) is 0.563. The Bertz CT molecular complexity index is 156. The van der Waals surface area contributed by atoms with E-state index in [1.807, 2.05) is 0 Å². The molecule has 0 aliphatic carbocycles. The first-order valence-corrected chi connectivity index (χ1v) is 2.58. The average Bonchev–Trinajstić information content (AvgIpc) is 1.83. The van der Waals surface area contributed by atoms with Crippen molar-refractivity contribution in [3.8, 4) is 0 Å². The summed E-state index contributed by atoms with van der Waals surface area (Å²) in [5, 5.41) is 0. The van der Waals surface area contributed by atoms with Gasteiger partial charge in [-0.1, -0.05) is 12.7 Å². The molecular formula is C7H10FN. The van der Waals surface area contributed by atoms with Gasteiger partial charge in [-0.3, -0.25) is 0 Å². The maximum Gasteiger partial charge on any atom is 0.116 e.